The van der Waals surface area contributed by atoms with E-state index in [0.717, 1.165) is 12.1 Å². The predicted octanol–water partition coefficient (Wildman–Crippen LogP) is 0.126. The minimum absolute atomic E-state index is 0.0498. The number of amides is 2. The molecule has 1 unspecified atom stereocenters. The average molecular weight is 305 g/mol. The first kappa shape index (κ1) is 16.3. The van der Waals surface area contributed by atoms with Crippen LogP contribution >= 0.6 is 0 Å². The van der Waals surface area contributed by atoms with Crippen molar-refractivity contribution in [2.75, 3.05) is 40.8 Å². The summed E-state index contributed by atoms with van der Waals surface area (Å²) in [4.78, 5) is 28.4. The zero-order valence-electron chi connectivity index (χ0n) is 13.3. The van der Waals surface area contributed by atoms with Crippen molar-refractivity contribution in [1.82, 2.24) is 15.1 Å². The lowest BCUT2D eigenvalue weighted by Gasteiger charge is -2.39. The molecule has 1 N–H and O–H groups in total. The molecule has 0 saturated carbocycles. The minimum atomic E-state index is -0.439. The van der Waals surface area contributed by atoms with Gasteiger partial charge in [-0.3, -0.25) is 9.59 Å². The second-order valence-electron chi connectivity index (χ2n) is 5.47. The molecule has 120 valence electrons. The van der Waals surface area contributed by atoms with Crippen LogP contribution in [0.15, 0.2) is 24.3 Å². The van der Waals surface area contributed by atoms with Crippen LogP contribution in [0, 0.1) is 0 Å². The molecule has 0 aromatic heterocycles. The zero-order valence-corrected chi connectivity index (χ0v) is 13.3. The quantitative estimate of drug-likeness (QED) is 0.859. The molecule has 1 fully saturated rings. The Balaban J connectivity index is 2.14. The van der Waals surface area contributed by atoms with E-state index in [2.05, 4.69) is 10.2 Å². The third-order valence-corrected chi connectivity index (χ3v) is 3.99. The van der Waals surface area contributed by atoms with Crippen LogP contribution in [0.1, 0.15) is 5.56 Å². The maximum Gasteiger partial charge on any atom is 0.243 e. The minimum Gasteiger partial charge on any atom is -0.496 e. The normalized spacial score (nSPS) is 18.9. The smallest absolute Gasteiger partial charge is 0.243 e. The summed E-state index contributed by atoms with van der Waals surface area (Å²) >= 11 is 0. The summed E-state index contributed by atoms with van der Waals surface area (Å²) in [6.45, 7) is 1.88. The molecule has 0 aliphatic carbocycles. The number of rotatable bonds is 4. The van der Waals surface area contributed by atoms with Gasteiger partial charge in [0.2, 0.25) is 11.8 Å². The molecule has 0 spiro atoms. The number of nitrogens with zero attached hydrogens (tertiary/aromatic N) is 2. The third kappa shape index (κ3) is 3.57. The summed E-state index contributed by atoms with van der Waals surface area (Å²) in [7, 11) is 5.14. The van der Waals surface area contributed by atoms with E-state index in [1.54, 1.807) is 19.1 Å². The molecular weight excluding hydrogens is 282 g/mol. The molecule has 1 heterocycles. The van der Waals surface area contributed by atoms with Crippen molar-refractivity contribution in [1.29, 1.82) is 0 Å². The van der Waals surface area contributed by atoms with Crippen molar-refractivity contribution in [2.45, 2.75) is 12.5 Å². The Morgan fingerprint density at radius 3 is 2.73 bits per heavy atom. The Hall–Kier alpha value is -2.08. The van der Waals surface area contributed by atoms with Crippen LogP contribution in [0.5, 0.6) is 5.75 Å². The highest BCUT2D eigenvalue weighted by Gasteiger charge is 2.33. The van der Waals surface area contributed by atoms with Crippen LogP contribution < -0.4 is 10.1 Å². The molecule has 6 nitrogen and oxygen atoms in total. The van der Waals surface area contributed by atoms with Gasteiger partial charge in [-0.1, -0.05) is 18.2 Å². The molecule has 0 bridgehead atoms. The largest absolute Gasteiger partial charge is 0.496 e. The second kappa shape index (κ2) is 7.26. The van der Waals surface area contributed by atoms with Gasteiger partial charge < -0.3 is 19.9 Å². The lowest BCUT2D eigenvalue weighted by atomic mass is 10.1. The number of likely N-dealkylation sites (N-methyl/N-ethyl adjacent to an activating group) is 2. The number of hydrogen-bond acceptors (Lipinski definition) is 4. The van der Waals surface area contributed by atoms with Gasteiger partial charge in [0.1, 0.15) is 11.8 Å². The maximum absolute atomic E-state index is 12.6. The number of carbonyl (C=O) groups excluding carboxylic acids is 2. The number of para-hydroxylation sites is 1. The summed E-state index contributed by atoms with van der Waals surface area (Å²) in [6.07, 6.45) is 0.237. The van der Waals surface area contributed by atoms with Gasteiger partial charge in [0, 0.05) is 32.2 Å². The van der Waals surface area contributed by atoms with Crippen LogP contribution in [-0.2, 0) is 16.0 Å². The van der Waals surface area contributed by atoms with Crippen molar-refractivity contribution in [3.63, 3.8) is 0 Å². The van der Waals surface area contributed by atoms with Gasteiger partial charge in [-0.05, 0) is 13.1 Å². The molecule has 6 heteroatoms. The van der Waals surface area contributed by atoms with Crippen LogP contribution in [0.3, 0.4) is 0 Å². The van der Waals surface area contributed by atoms with E-state index in [4.69, 9.17) is 4.74 Å². The topological polar surface area (TPSA) is 61.9 Å². The van der Waals surface area contributed by atoms with E-state index in [0.29, 0.717) is 18.8 Å². The van der Waals surface area contributed by atoms with Gasteiger partial charge in [-0.15, -0.1) is 0 Å². The third-order valence-electron chi connectivity index (χ3n) is 3.99. The van der Waals surface area contributed by atoms with Crippen molar-refractivity contribution in [3.8, 4) is 5.75 Å². The maximum atomic E-state index is 12.6. The highest BCUT2D eigenvalue weighted by molar-refractivity contribution is 5.89. The molecule has 0 radical (unpaired) electrons. The van der Waals surface area contributed by atoms with Crippen LogP contribution in [0.2, 0.25) is 0 Å². The SMILES string of the molecule is CNC(=O)C1CN(C)CCN1C(=O)Cc1ccccc1OC. The fourth-order valence-corrected chi connectivity index (χ4v) is 2.72. The molecule has 2 amide bonds. The number of piperazine rings is 1. The lowest BCUT2D eigenvalue weighted by molar-refractivity contribution is -0.143. The molecule has 1 aliphatic heterocycles. The van der Waals surface area contributed by atoms with Gasteiger partial charge in [0.05, 0.1) is 13.5 Å². The van der Waals surface area contributed by atoms with Crippen molar-refractivity contribution >= 4 is 11.8 Å². The molecule has 2 rings (SSSR count). The molecule has 1 aromatic carbocycles. The van der Waals surface area contributed by atoms with Crippen molar-refractivity contribution in [2.24, 2.45) is 0 Å². The Kier molecular flexibility index (Phi) is 5.38. The highest BCUT2D eigenvalue weighted by Crippen LogP contribution is 2.20. The van der Waals surface area contributed by atoms with E-state index in [1.807, 2.05) is 31.3 Å². The molecule has 1 aliphatic rings. The van der Waals surface area contributed by atoms with Gasteiger partial charge >= 0.3 is 0 Å². The number of carbonyl (C=O) groups is 2. The predicted molar refractivity (Wildman–Crippen MR) is 83.8 cm³/mol. The first-order chi connectivity index (χ1) is 10.6. The van der Waals surface area contributed by atoms with E-state index < -0.39 is 6.04 Å². The first-order valence-electron chi connectivity index (χ1n) is 7.38. The first-order valence-corrected chi connectivity index (χ1v) is 7.38. The number of methoxy groups -OCH3 is 1. The Morgan fingerprint density at radius 2 is 2.05 bits per heavy atom. The van der Waals surface area contributed by atoms with E-state index >= 15 is 0 Å². The summed E-state index contributed by atoms with van der Waals surface area (Å²) in [5.74, 6) is 0.521. The lowest BCUT2D eigenvalue weighted by Crippen LogP contribution is -2.59. The van der Waals surface area contributed by atoms with E-state index in [-0.39, 0.29) is 18.2 Å². The fraction of sp³-hybridized carbons (Fsp3) is 0.500. The van der Waals surface area contributed by atoms with Gasteiger partial charge in [0.15, 0.2) is 0 Å². The van der Waals surface area contributed by atoms with E-state index in [1.165, 1.54) is 0 Å². The van der Waals surface area contributed by atoms with Crippen molar-refractivity contribution < 1.29 is 14.3 Å². The Bertz CT molecular complexity index is 547. The van der Waals surface area contributed by atoms with Gasteiger partial charge in [-0.25, -0.2) is 0 Å². The molecule has 1 aromatic rings. The molecule has 22 heavy (non-hydrogen) atoms. The summed E-state index contributed by atoms with van der Waals surface area (Å²) in [6, 6.07) is 7.03. The standard InChI is InChI=1S/C16H23N3O3/c1-17-16(21)13-11-18(2)8-9-19(13)15(20)10-12-6-4-5-7-14(12)22-3/h4-7,13H,8-11H2,1-3H3,(H,17,21). The fourth-order valence-electron chi connectivity index (χ4n) is 2.72. The second-order valence-corrected chi connectivity index (χ2v) is 5.47. The number of hydrogen-bond donors (Lipinski definition) is 1. The Labute approximate surface area is 131 Å². The van der Waals surface area contributed by atoms with Crippen LogP contribution in [-0.4, -0.2) is 68.5 Å². The van der Waals surface area contributed by atoms with Crippen molar-refractivity contribution in [3.05, 3.63) is 29.8 Å². The molecule has 1 atom stereocenters. The van der Waals surface area contributed by atoms with E-state index in [9.17, 15) is 9.59 Å². The molecular formula is C16H23N3O3. The summed E-state index contributed by atoms with van der Waals surface area (Å²) < 4.78 is 5.29. The average Bonchev–Trinajstić information content (AvgIpc) is 2.54. The van der Waals surface area contributed by atoms with Crippen LogP contribution in [0.25, 0.3) is 0 Å². The van der Waals surface area contributed by atoms with Gasteiger partial charge in [0.25, 0.3) is 0 Å². The summed E-state index contributed by atoms with van der Waals surface area (Å²) in [5.41, 5.74) is 0.838. The molecule has 1 saturated heterocycles. The Morgan fingerprint density at radius 1 is 1.32 bits per heavy atom. The zero-order chi connectivity index (χ0) is 16.1. The van der Waals surface area contributed by atoms with Crippen LogP contribution in [0.4, 0.5) is 0 Å². The van der Waals surface area contributed by atoms with Gasteiger partial charge in [-0.2, -0.15) is 0 Å². The number of benzene rings is 1. The number of nitrogens with one attached hydrogen (secondary N) is 1. The monoisotopic (exact) mass is 305 g/mol. The number of ether oxygens (including phenoxy) is 1. The summed E-state index contributed by atoms with van der Waals surface area (Å²) in [5, 5.41) is 2.64. The highest BCUT2D eigenvalue weighted by atomic mass is 16.5.